The summed E-state index contributed by atoms with van der Waals surface area (Å²) in [6.07, 6.45) is 0.675. The van der Waals surface area contributed by atoms with Gasteiger partial charge in [-0.3, -0.25) is 4.79 Å². The van der Waals surface area contributed by atoms with Gasteiger partial charge in [-0.25, -0.2) is 0 Å². The van der Waals surface area contributed by atoms with Crippen LogP contribution in [0.1, 0.15) is 28.3 Å². The quantitative estimate of drug-likeness (QED) is 0.558. The largest absolute Gasteiger partial charge is 0.493 e. The Morgan fingerprint density at radius 3 is 2.40 bits per heavy atom. The molecule has 8 nitrogen and oxygen atoms in total. The van der Waals surface area contributed by atoms with Crippen molar-refractivity contribution in [3.05, 3.63) is 92.7 Å². The van der Waals surface area contributed by atoms with E-state index >= 15 is 0 Å². The molecule has 1 atom stereocenters. The summed E-state index contributed by atoms with van der Waals surface area (Å²) < 4.78 is 24.1. The number of hydrogen-bond acceptors (Lipinski definition) is 7. The van der Waals surface area contributed by atoms with Crippen LogP contribution in [0.2, 0.25) is 0 Å². The van der Waals surface area contributed by atoms with Crippen LogP contribution in [0.3, 0.4) is 0 Å². The monoisotopic (exact) mass is 473 g/mol. The van der Waals surface area contributed by atoms with Crippen LogP contribution in [-0.4, -0.2) is 25.9 Å². The van der Waals surface area contributed by atoms with E-state index in [4.69, 9.17) is 24.7 Å². The fourth-order valence-corrected chi connectivity index (χ4v) is 4.51. The Morgan fingerprint density at radius 2 is 1.77 bits per heavy atom. The molecule has 8 heteroatoms. The third-order valence-corrected chi connectivity index (χ3v) is 6.20. The maximum absolute atomic E-state index is 13.9. The van der Waals surface area contributed by atoms with Crippen LogP contribution in [0, 0.1) is 18.3 Å². The third kappa shape index (κ3) is 4.17. The first-order chi connectivity index (χ1) is 16.9. The normalized spacial score (nSPS) is 14.5. The molecule has 0 spiro atoms. The molecule has 2 N–H and O–H groups in total. The summed E-state index contributed by atoms with van der Waals surface area (Å²) in [7, 11) is 4.51. The van der Waals surface area contributed by atoms with Crippen molar-refractivity contribution in [3.8, 4) is 29.1 Å². The summed E-state index contributed by atoms with van der Waals surface area (Å²) in [6.45, 7) is 2.32. The van der Waals surface area contributed by atoms with Crippen LogP contribution in [-0.2, 0) is 13.0 Å². The average Bonchev–Trinajstić information content (AvgIpc) is 2.87. The van der Waals surface area contributed by atoms with Crippen molar-refractivity contribution in [3.63, 3.8) is 0 Å². The smallest absolute Gasteiger partial charge is 0.258 e. The number of benzene rings is 2. The van der Waals surface area contributed by atoms with Crippen LogP contribution >= 0.6 is 0 Å². The van der Waals surface area contributed by atoms with Gasteiger partial charge < -0.3 is 29.2 Å². The highest BCUT2D eigenvalue weighted by Gasteiger charge is 2.37. The van der Waals surface area contributed by atoms with E-state index in [2.05, 4.69) is 6.07 Å². The van der Waals surface area contributed by atoms with E-state index in [9.17, 15) is 10.1 Å². The first-order valence-corrected chi connectivity index (χ1v) is 11.1. The van der Waals surface area contributed by atoms with Crippen LogP contribution in [0.25, 0.3) is 0 Å². The van der Waals surface area contributed by atoms with E-state index < -0.39 is 5.92 Å². The number of pyridine rings is 1. The highest BCUT2D eigenvalue weighted by Crippen LogP contribution is 2.48. The lowest BCUT2D eigenvalue weighted by molar-refractivity contribution is 0.321. The molecule has 2 aromatic carbocycles. The lowest BCUT2D eigenvalue weighted by Crippen LogP contribution is -2.33. The van der Waals surface area contributed by atoms with Gasteiger partial charge in [0.25, 0.3) is 5.56 Å². The topological polar surface area (TPSA) is 109 Å². The van der Waals surface area contributed by atoms with Crippen molar-refractivity contribution in [1.29, 1.82) is 5.26 Å². The van der Waals surface area contributed by atoms with Gasteiger partial charge >= 0.3 is 0 Å². The maximum atomic E-state index is 13.9. The molecule has 180 valence electrons. The van der Waals surface area contributed by atoms with Crippen molar-refractivity contribution in [2.45, 2.75) is 25.8 Å². The van der Waals surface area contributed by atoms with Gasteiger partial charge in [0.15, 0.2) is 11.5 Å². The van der Waals surface area contributed by atoms with E-state index in [1.165, 1.54) is 21.3 Å². The second-order valence-corrected chi connectivity index (χ2v) is 8.10. The molecular formula is C27H27N3O5. The predicted molar refractivity (Wildman–Crippen MR) is 131 cm³/mol. The first kappa shape index (κ1) is 23.8. The molecule has 0 radical (unpaired) electrons. The van der Waals surface area contributed by atoms with Gasteiger partial charge in [0.05, 0.1) is 32.8 Å². The maximum Gasteiger partial charge on any atom is 0.258 e. The Labute approximate surface area is 203 Å². The van der Waals surface area contributed by atoms with Gasteiger partial charge in [0, 0.05) is 23.9 Å². The molecule has 0 saturated carbocycles. The van der Waals surface area contributed by atoms with E-state index in [0.717, 1.165) is 11.3 Å². The van der Waals surface area contributed by atoms with Crippen molar-refractivity contribution in [2.75, 3.05) is 21.3 Å². The third-order valence-electron chi connectivity index (χ3n) is 6.20. The van der Waals surface area contributed by atoms with Crippen molar-refractivity contribution in [1.82, 2.24) is 4.57 Å². The standard InChI is InChI=1S/C27H27N3O5/c1-16-14-21-23(27(31)30(16)13-12-17-8-6-5-7-9-17)22(19(15-28)26(29)35-21)18-10-11-20(32-2)25(34-4)24(18)33-3/h5-11,14,22H,12-13,29H2,1-4H3/t22-/m0/s1. The average molecular weight is 474 g/mol. The molecule has 1 aromatic heterocycles. The van der Waals surface area contributed by atoms with Gasteiger partial charge in [-0.05, 0) is 25.0 Å². The lowest BCUT2D eigenvalue weighted by atomic mass is 9.83. The van der Waals surface area contributed by atoms with Gasteiger partial charge in [0.2, 0.25) is 11.6 Å². The number of methoxy groups -OCH3 is 3. The molecular weight excluding hydrogens is 446 g/mol. The van der Waals surface area contributed by atoms with Crippen LogP contribution in [0.4, 0.5) is 0 Å². The number of nitrogens with zero attached hydrogens (tertiary/aromatic N) is 2. The summed E-state index contributed by atoms with van der Waals surface area (Å²) in [4.78, 5) is 13.9. The minimum absolute atomic E-state index is 0.0531. The van der Waals surface area contributed by atoms with Gasteiger partial charge in [-0.2, -0.15) is 5.26 Å². The van der Waals surface area contributed by atoms with E-state index in [0.29, 0.717) is 47.1 Å². The van der Waals surface area contributed by atoms with Crippen molar-refractivity contribution in [2.24, 2.45) is 5.73 Å². The summed E-state index contributed by atoms with van der Waals surface area (Å²) in [5.41, 5.74) is 8.74. The van der Waals surface area contributed by atoms with Crippen molar-refractivity contribution < 1.29 is 18.9 Å². The van der Waals surface area contributed by atoms with E-state index in [1.54, 1.807) is 22.8 Å². The number of ether oxygens (including phenoxy) is 4. The number of nitrogens with two attached hydrogens (primary N) is 1. The molecule has 2 heterocycles. The molecule has 35 heavy (non-hydrogen) atoms. The number of rotatable bonds is 7. The van der Waals surface area contributed by atoms with Crippen LogP contribution < -0.4 is 30.2 Å². The summed E-state index contributed by atoms with van der Waals surface area (Å²) in [5, 5.41) is 10.0. The molecule has 0 amide bonds. The van der Waals surface area contributed by atoms with Gasteiger partial charge in [-0.1, -0.05) is 36.4 Å². The molecule has 0 unspecified atom stereocenters. The molecule has 3 aromatic rings. The molecule has 4 rings (SSSR count). The Hall–Kier alpha value is -4.38. The molecule has 0 saturated heterocycles. The minimum Gasteiger partial charge on any atom is -0.493 e. The Bertz CT molecular complexity index is 1390. The molecule has 0 aliphatic carbocycles. The van der Waals surface area contributed by atoms with Crippen molar-refractivity contribution >= 4 is 0 Å². The highest BCUT2D eigenvalue weighted by molar-refractivity contribution is 5.64. The number of nitriles is 1. The van der Waals surface area contributed by atoms with Crippen LogP contribution in [0.5, 0.6) is 23.0 Å². The number of hydrogen-bond donors (Lipinski definition) is 1. The fraction of sp³-hybridized carbons (Fsp3) is 0.259. The molecule has 1 aliphatic heterocycles. The van der Waals surface area contributed by atoms with E-state index in [-0.39, 0.29) is 17.0 Å². The van der Waals surface area contributed by atoms with E-state index in [1.807, 2.05) is 37.3 Å². The second-order valence-electron chi connectivity index (χ2n) is 8.10. The number of aromatic nitrogens is 1. The minimum atomic E-state index is -0.811. The Kier molecular flexibility index (Phi) is 6.69. The molecule has 0 fully saturated rings. The first-order valence-electron chi connectivity index (χ1n) is 11.1. The zero-order valence-corrected chi connectivity index (χ0v) is 20.1. The zero-order valence-electron chi connectivity index (χ0n) is 20.1. The second kappa shape index (κ2) is 9.85. The Morgan fingerprint density at radius 1 is 1.06 bits per heavy atom. The highest BCUT2D eigenvalue weighted by atomic mass is 16.5. The number of aryl methyl sites for hydroxylation is 2. The summed E-state index contributed by atoms with van der Waals surface area (Å²) in [5.74, 6) is 0.619. The predicted octanol–water partition coefficient (Wildman–Crippen LogP) is 3.64. The number of allylic oxidation sites excluding steroid dienone is 1. The Balaban J connectivity index is 1.92. The molecule has 1 aliphatic rings. The summed E-state index contributed by atoms with van der Waals surface area (Å²) in [6, 6.07) is 17.3. The van der Waals surface area contributed by atoms with Gasteiger partial charge in [-0.15, -0.1) is 0 Å². The SMILES string of the molecule is COc1ccc([C@H]2C(C#N)=C(N)Oc3cc(C)n(CCc4ccccc4)c(=O)c32)c(OC)c1OC. The number of fused-ring (bicyclic) bond motifs is 1. The zero-order chi connectivity index (χ0) is 25.1. The molecule has 0 bridgehead atoms. The summed E-state index contributed by atoms with van der Waals surface area (Å²) >= 11 is 0. The van der Waals surface area contributed by atoms with Gasteiger partial charge in [0.1, 0.15) is 17.4 Å². The van der Waals surface area contributed by atoms with Crippen LogP contribution in [0.15, 0.2) is 64.8 Å². The fourth-order valence-electron chi connectivity index (χ4n) is 4.51. The lowest BCUT2D eigenvalue weighted by Gasteiger charge is -2.29.